The van der Waals surface area contributed by atoms with Gasteiger partial charge in [-0.1, -0.05) is 30.3 Å². The molecule has 114 valence electrons. The lowest BCUT2D eigenvalue weighted by Crippen LogP contribution is -2.19. The Morgan fingerprint density at radius 2 is 1.64 bits per heavy atom. The van der Waals surface area contributed by atoms with E-state index in [4.69, 9.17) is 9.47 Å². The molecule has 22 heavy (non-hydrogen) atoms. The highest BCUT2D eigenvalue weighted by atomic mass is 19.1. The van der Waals surface area contributed by atoms with Gasteiger partial charge in [0.05, 0.1) is 13.0 Å². The molecule has 0 aliphatic rings. The molecule has 0 atom stereocenters. The van der Waals surface area contributed by atoms with Crippen LogP contribution in [0.15, 0.2) is 54.6 Å². The van der Waals surface area contributed by atoms with Crippen LogP contribution in [0.3, 0.4) is 0 Å². The minimum atomic E-state index is -0.883. The molecule has 0 radical (unpaired) electrons. The highest BCUT2D eigenvalue weighted by Gasteiger charge is 2.15. The lowest BCUT2D eigenvalue weighted by Gasteiger charge is -2.06. The quantitative estimate of drug-likeness (QED) is 0.583. The summed E-state index contributed by atoms with van der Waals surface area (Å²) in [5, 5.41) is 0. The summed E-state index contributed by atoms with van der Waals surface area (Å²) in [6.07, 6.45) is -0.0923. The zero-order chi connectivity index (χ0) is 15.8. The Kier molecular flexibility index (Phi) is 5.65. The zero-order valence-electron chi connectivity index (χ0n) is 11.8. The molecule has 0 aliphatic carbocycles. The normalized spacial score (nSPS) is 10.0. The Hall–Kier alpha value is -2.69. The summed E-state index contributed by atoms with van der Waals surface area (Å²) >= 11 is 0. The standard InChI is InChI=1S/C17H15FO4/c18-14-6-8-15(9-7-14)21-11-10-16(19)17(20)22-12-13-4-2-1-3-5-13/h1-9H,10-12H2. The smallest absolute Gasteiger partial charge is 0.375 e. The van der Waals surface area contributed by atoms with Crippen LogP contribution in [0.2, 0.25) is 0 Å². The Labute approximate surface area is 127 Å². The first kappa shape index (κ1) is 15.7. The molecular weight excluding hydrogens is 287 g/mol. The molecule has 2 aromatic carbocycles. The summed E-state index contributed by atoms with van der Waals surface area (Å²) in [4.78, 5) is 23.1. The van der Waals surface area contributed by atoms with Gasteiger partial charge in [-0.2, -0.15) is 0 Å². The van der Waals surface area contributed by atoms with Crippen molar-refractivity contribution >= 4 is 11.8 Å². The van der Waals surface area contributed by atoms with Crippen LogP contribution < -0.4 is 4.74 Å². The van der Waals surface area contributed by atoms with Gasteiger partial charge in [0, 0.05) is 0 Å². The van der Waals surface area contributed by atoms with E-state index in [1.807, 2.05) is 18.2 Å². The van der Waals surface area contributed by atoms with E-state index in [9.17, 15) is 14.0 Å². The Balaban J connectivity index is 1.70. The third kappa shape index (κ3) is 5.01. The second-order valence-electron chi connectivity index (χ2n) is 4.54. The molecule has 2 rings (SSSR count). The van der Waals surface area contributed by atoms with E-state index in [1.54, 1.807) is 12.1 Å². The average molecular weight is 302 g/mol. The van der Waals surface area contributed by atoms with Gasteiger partial charge in [-0.3, -0.25) is 4.79 Å². The first-order valence-electron chi connectivity index (χ1n) is 6.77. The second-order valence-corrected chi connectivity index (χ2v) is 4.54. The second kappa shape index (κ2) is 7.93. The number of ketones is 1. The third-order valence-corrected chi connectivity index (χ3v) is 2.85. The predicted octanol–water partition coefficient (Wildman–Crippen LogP) is 2.91. The van der Waals surface area contributed by atoms with Crippen molar-refractivity contribution in [3.05, 3.63) is 66.0 Å². The summed E-state index contributed by atoms with van der Waals surface area (Å²) in [5.74, 6) is -1.47. The van der Waals surface area contributed by atoms with Crippen molar-refractivity contribution in [1.29, 1.82) is 0 Å². The van der Waals surface area contributed by atoms with Crippen LogP contribution in [-0.4, -0.2) is 18.4 Å². The van der Waals surface area contributed by atoms with Gasteiger partial charge < -0.3 is 9.47 Å². The number of halogens is 1. The van der Waals surface area contributed by atoms with E-state index in [0.29, 0.717) is 5.75 Å². The largest absolute Gasteiger partial charge is 0.493 e. The van der Waals surface area contributed by atoms with Crippen LogP contribution in [-0.2, 0) is 20.9 Å². The highest BCUT2D eigenvalue weighted by Crippen LogP contribution is 2.11. The van der Waals surface area contributed by atoms with Crippen LogP contribution in [0.4, 0.5) is 4.39 Å². The molecule has 0 fully saturated rings. The van der Waals surface area contributed by atoms with Gasteiger partial charge in [0.15, 0.2) is 0 Å². The Bertz CT molecular complexity index is 623. The fraction of sp³-hybridized carbons (Fsp3) is 0.176. The molecule has 0 spiro atoms. The van der Waals surface area contributed by atoms with Crippen molar-refractivity contribution in [2.45, 2.75) is 13.0 Å². The number of ether oxygens (including phenoxy) is 2. The number of rotatable bonds is 7. The SMILES string of the molecule is O=C(CCOc1ccc(F)cc1)C(=O)OCc1ccccc1. The molecule has 0 unspecified atom stereocenters. The van der Waals surface area contributed by atoms with Gasteiger partial charge >= 0.3 is 5.97 Å². The van der Waals surface area contributed by atoms with Gasteiger partial charge in [0.2, 0.25) is 5.78 Å². The molecular formula is C17H15FO4. The topological polar surface area (TPSA) is 52.6 Å². The van der Waals surface area contributed by atoms with Crippen molar-refractivity contribution in [1.82, 2.24) is 0 Å². The molecule has 4 nitrogen and oxygen atoms in total. The Morgan fingerprint density at radius 3 is 2.32 bits per heavy atom. The maximum atomic E-state index is 12.7. The van der Waals surface area contributed by atoms with Crippen LogP contribution in [0, 0.1) is 5.82 Å². The monoisotopic (exact) mass is 302 g/mol. The first-order chi connectivity index (χ1) is 10.6. The van der Waals surface area contributed by atoms with Crippen molar-refractivity contribution in [3.8, 4) is 5.75 Å². The summed E-state index contributed by atoms with van der Waals surface area (Å²) in [6.45, 7) is 0.0924. The van der Waals surface area contributed by atoms with Gasteiger partial charge in [-0.15, -0.1) is 0 Å². The number of carbonyl (C=O) groups is 2. The number of hydrogen-bond acceptors (Lipinski definition) is 4. The van der Waals surface area contributed by atoms with Crippen molar-refractivity contribution in [2.75, 3.05) is 6.61 Å². The average Bonchev–Trinajstić information content (AvgIpc) is 2.55. The lowest BCUT2D eigenvalue weighted by atomic mass is 10.2. The van der Waals surface area contributed by atoms with E-state index in [0.717, 1.165) is 5.56 Å². The summed E-state index contributed by atoms with van der Waals surface area (Å²) in [5.41, 5.74) is 0.811. The van der Waals surface area contributed by atoms with Crippen LogP contribution in [0.25, 0.3) is 0 Å². The molecule has 0 N–H and O–H groups in total. The van der Waals surface area contributed by atoms with Gasteiger partial charge in [0.25, 0.3) is 0 Å². The molecule has 0 heterocycles. The van der Waals surface area contributed by atoms with Gasteiger partial charge in [0.1, 0.15) is 18.2 Å². The molecule has 0 aliphatic heterocycles. The van der Waals surface area contributed by atoms with Crippen molar-refractivity contribution in [3.63, 3.8) is 0 Å². The Morgan fingerprint density at radius 1 is 0.955 bits per heavy atom. The fourth-order valence-electron chi connectivity index (χ4n) is 1.70. The summed E-state index contributed by atoms with van der Waals surface area (Å²) in [6, 6.07) is 14.5. The molecule has 0 saturated heterocycles. The third-order valence-electron chi connectivity index (χ3n) is 2.85. The molecule has 0 bridgehead atoms. The van der Waals surface area contributed by atoms with E-state index in [-0.39, 0.29) is 25.5 Å². The fourth-order valence-corrected chi connectivity index (χ4v) is 1.70. The van der Waals surface area contributed by atoms with E-state index in [1.165, 1.54) is 24.3 Å². The predicted molar refractivity (Wildman–Crippen MR) is 77.8 cm³/mol. The number of benzene rings is 2. The minimum absolute atomic E-state index is 0.0326. The van der Waals surface area contributed by atoms with Crippen molar-refractivity contribution in [2.24, 2.45) is 0 Å². The van der Waals surface area contributed by atoms with E-state index in [2.05, 4.69) is 0 Å². The van der Waals surface area contributed by atoms with Crippen LogP contribution in [0.1, 0.15) is 12.0 Å². The summed E-state index contributed by atoms with van der Waals surface area (Å²) in [7, 11) is 0. The summed E-state index contributed by atoms with van der Waals surface area (Å²) < 4.78 is 22.9. The van der Waals surface area contributed by atoms with Crippen LogP contribution in [0.5, 0.6) is 5.75 Å². The maximum Gasteiger partial charge on any atom is 0.375 e. The molecule has 5 heteroatoms. The van der Waals surface area contributed by atoms with Gasteiger partial charge in [-0.25, -0.2) is 9.18 Å². The number of esters is 1. The number of carbonyl (C=O) groups excluding carboxylic acids is 2. The van der Waals surface area contributed by atoms with E-state index < -0.39 is 11.8 Å². The molecule has 2 aromatic rings. The van der Waals surface area contributed by atoms with Gasteiger partial charge in [-0.05, 0) is 29.8 Å². The lowest BCUT2D eigenvalue weighted by molar-refractivity contribution is -0.155. The van der Waals surface area contributed by atoms with Crippen molar-refractivity contribution < 1.29 is 23.5 Å². The number of Topliss-reactive ketones (excluding diaryl/α,β-unsaturated/α-hetero) is 1. The molecule has 0 saturated carbocycles. The van der Waals surface area contributed by atoms with Crippen LogP contribution >= 0.6 is 0 Å². The number of hydrogen-bond donors (Lipinski definition) is 0. The first-order valence-corrected chi connectivity index (χ1v) is 6.77. The van der Waals surface area contributed by atoms with E-state index >= 15 is 0 Å². The molecule has 0 amide bonds. The zero-order valence-corrected chi connectivity index (χ0v) is 11.8. The maximum absolute atomic E-state index is 12.7. The molecule has 0 aromatic heterocycles. The minimum Gasteiger partial charge on any atom is -0.493 e. The highest BCUT2D eigenvalue weighted by molar-refractivity contribution is 6.33.